The molecule has 112 valence electrons. The van der Waals surface area contributed by atoms with Crippen LogP contribution in [0.2, 0.25) is 0 Å². The SMILES string of the molecule is CCOC(=O)c1ccc(N)c(NCCCS(C)(=O)=O)c1. The molecule has 6 nitrogen and oxygen atoms in total. The molecule has 1 aromatic carbocycles. The van der Waals surface area contributed by atoms with Crippen molar-refractivity contribution in [3.8, 4) is 0 Å². The molecule has 0 unspecified atom stereocenters. The van der Waals surface area contributed by atoms with Gasteiger partial charge in [0, 0.05) is 12.8 Å². The molecule has 0 bridgehead atoms. The molecule has 0 spiro atoms. The van der Waals surface area contributed by atoms with Gasteiger partial charge in [0.15, 0.2) is 0 Å². The Morgan fingerprint density at radius 3 is 2.70 bits per heavy atom. The fourth-order valence-corrected chi connectivity index (χ4v) is 2.28. The number of carbonyl (C=O) groups is 1. The smallest absolute Gasteiger partial charge is 0.338 e. The Morgan fingerprint density at radius 2 is 2.10 bits per heavy atom. The van der Waals surface area contributed by atoms with E-state index in [0.717, 1.165) is 0 Å². The number of nitrogen functional groups attached to an aromatic ring is 1. The summed E-state index contributed by atoms with van der Waals surface area (Å²) in [4.78, 5) is 11.6. The van der Waals surface area contributed by atoms with E-state index in [-0.39, 0.29) is 5.75 Å². The molecule has 1 aromatic rings. The Kier molecular flexibility index (Phi) is 5.82. The van der Waals surface area contributed by atoms with Crippen LogP contribution in [0.15, 0.2) is 18.2 Å². The highest BCUT2D eigenvalue weighted by Gasteiger charge is 2.09. The number of carbonyl (C=O) groups excluding carboxylic acids is 1. The van der Waals surface area contributed by atoms with Crippen molar-refractivity contribution in [2.45, 2.75) is 13.3 Å². The van der Waals surface area contributed by atoms with Gasteiger partial charge in [0.25, 0.3) is 0 Å². The minimum Gasteiger partial charge on any atom is -0.462 e. The Labute approximate surface area is 119 Å². The average Bonchev–Trinajstić information content (AvgIpc) is 2.35. The molecule has 0 radical (unpaired) electrons. The van der Waals surface area contributed by atoms with Gasteiger partial charge in [-0.2, -0.15) is 0 Å². The van der Waals surface area contributed by atoms with Gasteiger partial charge in [0.05, 0.1) is 29.3 Å². The summed E-state index contributed by atoms with van der Waals surface area (Å²) in [5.74, 6) is -0.302. The summed E-state index contributed by atoms with van der Waals surface area (Å²) in [7, 11) is -2.96. The highest BCUT2D eigenvalue weighted by Crippen LogP contribution is 2.20. The third-order valence-electron chi connectivity index (χ3n) is 2.57. The van der Waals surface area contributed by atoms with Gasteiger partial charge in [-0.3, -0.25) is 0 Å². The first-order valence-corrected chi connectivity index (χ1v) is 8.38. The zero-order valence-corrected chi connectivity index (χ0v) is 12.5. The molecule has 0 aliphatic heterocycles. The number of esters is 1. The van der Waals surface area contributed by atoms with Gasteiger partial charge < -0.3 is 15.8 Å². The third-order valence-corrected chi connectivity index (χ3v) is 3.60. The quantitative estimate of drug-likeness (QED) is 0.447. The molecular weight excluding hydrogens is 280 g/mol. The van der Waals surface area contributed by atoms with Crippen molar-refractivity contribution >= 4 is 27.2 Å². The van der Waals surface area contributed by atoms with Crippen LogP contribution in [0.4, 0.5) is 11.4 Å². The maximum Gasteiger partial charge on any atom is 0.338 e. The van der Waals surface area contributed by atoms with Gasteiger partial charge in [-0.25, -0.2) is 13.2 Å². The molecule has 0 fully saturated rings. The second-order valence-electron chi connectivity index (χ2n) is 4.43. The number of hydrogen-bond acceptors (Lipinski definition) is 6. The Balaban J connectivity index is 2.65. The molecule has 0 saturated heterocycles. The molecule has 0 aliphatic rings. The minimum absolute atomic E-state index is 0.109. The lowest BCUT2D eigenvalue weighted by Gasteiger charge is -2.10. The van der Waals surface area contributed by atoms with E-state index in [4.69, 9.17) is 10.5 Å². The summed E-state index contributed by atoms with van der Waals surface area (Å²) in [6.45, 7) is 2.50. The molecule has 0 aliphatic carbocycles. The zero-order valence-electron chi connectivity index (χ0n) is 11.7. The lowest BCUT2D eigenvalue weighted by molar-refractivity contribution is 0.0526. The van der Waals surface area contributed by atoms with E-state index in [1.807, 2.05) is 0 Å². The molecule has 0 atom stereocenters. The molecule has 20 heavy (non-hydrogen) atoms. The van der Waals surface area contributed by atoms with E-state index in [1.54, 1.807) is 25.1 Å². The van der Waals surface area contributed by atoms with Gasteiger partial charge in [-0.05, 0) is 31.5 Å². The van der Waals surface area contributed by atoms with Gasteiger partial charge in [-0.1, -0.05) is 0 Å². The Hall–Kier alpha value is -1.76. The summed E-state index contributed by atoms with van der Waals surface area (Å²) in [5, 5.41) is 3.03. The second-order valence-corrected chi connectivity index (χ2v) is 6.69. The van der Waals surface area contributed by atoms with Crippen LogP contribution in [0.1, 0.15) is 23.7 Å². The van der Waals surface area contributed by atoms with Crippen LogP contribution >= 0.6 is 0 Å². The van der Waals surface area contributed by atoms with Crippen LogP contribution in [0.25, 0.3) is 0 Å². The van der Waals surface area contributed by atoms with E-state index in [0.29, 0.717) is 36.5 Å². The summed E-state index contributed by atoms with van der Waals surface area (Å²) in [6, 6.07) is 4.81. The predicted octanol–water partition coefficient (Wildman–Crippen LogP) is 1.29. The minimum atomic E-state index is -2.96. The van der Waals surface area contributed by atoms with Crippen molar-refractivity contribution < 1.29 is 17.9 Å². The first-order chi connectivity index (χ1) is 9.33. The molecule has 0 aromatic heterocycles. The van der Waals surface area contributed by atoms with Crippen molar-refractivity contribution in [3.05, 3.63) is 23.8 Å². The van der Waals surface area contributed by atoms with Gasteiger partial charge >= 0.3 is 5.97 Å². The van der Waals surface area contributed by atoms with Gasteiger partial charge in [-0.15, -0.1) is 0 Å². The first kappa shape index (κ1) is 16.3. The summed E-state index contributed by atoms with van der Waals surface area (Å²) in [5.41, 5.74) is 7.31. The fourth-order valence-electron chi connectivity index (χ4n) is 1.61. The summed E-state index contributed by atoms with van der Waals surface area (Å²) >= 11 is 0. The molecule has 0 heterocycles. The van der Waals surface area contributed by atoms with E-state index < -0.39 is 15.8 Å². The number of rotatable bonds is 7. The number of nitrogens with one attached hydrogen (secondary N) is 1. The summed E-state index contributed by atoms with van der Waals surface area (Å²) < 4.78 is 26.9. The first-order valence-electron chi connectivity index (χ1n) is 6.31. The Bertz CT molecular complexity index is 570. The van der Waals surface area contributed by atoms with Crippen molar-refractivity contribution in [1.82, 2.24) is 0 Å². The normalized spacial score (nSPS) is 11.1. The van der Waals surface area contributed by atoms with E-state index in [2.05, 4.69) is 5.32 Å². The lowest BCUT2D eigenvalue weighted by atomic mass is 10.1. The van der Waals surface area contributed by atoms with Crippen LogP contribution in [-0.2, 0) is 14.6 Å². The highest BCUT2D eigenvalue weighted by molar-refractivity contribution is 7.90. The van der Waals surface area contributed by atoms with Crippen molar-refractivity contribution in [1.29, 1.82) is 0 Å². The number of anilines is 2. The number of benzene rings is 1. The van der Waals surface area contributed by atoms with Crippen molar-refractivity contribution in [2.24, 2.45) is 0 Å². The number of hydrogen-bond donors (Lipinski definition) is 2. The van der Waals surface area contributed by atoms with E-state index in [9.17, 15) is 13.2 Å². The van der Waals surface area contributed by atoms with Crippen LogP contribution in [0, 0.1) is 0 Å². The largest absolute Gasteiger partial charge is 0.462 e. The van der Waals surface area contributed by atoms with E-state index >= 15 is 0 Å². The van der Waals surface area contributed by atoms with Crippen LogP contribution in [0.3, 0.4) is 0 Å². The maximum absolute atomic E-state index is 11.6. The fraction of sp³-hybridized carbons (Fsp3) is 0.462. The zero-order chi connectivity index (χ0) is 15.2. The third kappa shape index (κ3) is 5.48. The molecule has 0 saturated carbocycles. The van der Waals surface area contributed by atoms with Crippen molar-refractivity contribution in [3.63, 3.8) is 0 Å². The lowest BCUT2D eigenvalue weighted by Crippen LogP contribution is -2.11. The number of sulfone groups is 1. The second kappa shape index (κ2) is 7.14. The molecular formula is C13H20N2O4S. The van der Waals surface area contributed by atoms with Crippen molar-refractivity contribution in [2.75, 3.05) is 36.2 Å². The standard InChI is InChI=1S/C13H20N2O4S/c1-3-19-13(16)10-5-6-11(14)12(9-10)15-7-4-8-20(2,17)18/h5-6,9,15H,3-4,7-8,14H2,1-2H3. The van der Waals surface area contributed by atoms with Crippen LogP contribution in [0.5, 0.6) is 0 Å². The maximum atomic E-state index is 11.6. The van der Waals surface area contributed by atoms with Crippen LogP contribution in [-0.4, -0.2) is 39.5 Å². The van der Waals surface area contributed by atoms with Gasteiger partial charge in [0.1, 0.15) is 9.84 Å². The predicted molar refractivity (Wildman–Crippen MR) is 79.6 cm³/mol. The van der Waals surface area contributed by atoms with Gasteiger partial charge in [0.2, 0.25) is 0 Å². The molecule has 0 amide bonds. The number of ether oxygens (including phenoxy) is 1. The average molecular weight is 300 g/mol. The van der Waals surface area contributed by atoms with E-state index in [1.165, 1.54) is 6.26 Å². The molecule has 3 N–H and O–H groups in total. The highest BCUT2D eigenvalue weighted by atomic mass is 32.2. The summed E-state index contributed by atoms with van der Waals surface area (Å²) in [6.07, 6.45) is 1.67. The van der Waals surface area contributed by atoms with Crippen LogP contribution < -0.4 is 11.1 Å². The monoisotopic (exact) mass is 300 g/mol. The topological polar surface area (TPSA) is 98.5 Å². The molecule has 7 heteroatoms. The Morgan fingerprint density at radius 1 is 1.40 bits per heavy atom. The number of nitrogens with two attached hydrogens (primary N) is 1. The molecule has 1 rings (SSSR count).